The molecule has 1 rings (SSSR count). The van der Waals surface area contributed by atoms with Gasteiger partial charge in [0, 0.05) is 19.6 Å². The predicted octanol–water partition coefficient (Wildman–Crippen LogP) is 3.35. The molecule has 1 aromatic rings. The highest BCUT2D eigenvalue weighted by Gasteiger charge is 2.03. The summed E-state index contributed by atoms with van der Waals surface area (Å²) >= 11 is 0. The number of aliphatic hydroxyl groups is 1. The van der Waals surface area contributed by atoms with E-state index in [-0.39, 0.29) is 12.5 Å². The summed E-state index contributed by atoms with van der Waals surface area (Å²) in [6, 6.07) is 8.40. The molecular weight excluding hydrogens is 262 g/mol. The average Bonchev–Trinajstić information content (AvgIpc) is 2.46. The van der Waals surface area contributed by atoms with Crippen LogP contribution in [0.5, 0.6) is 0 Å². The largest absolute Gasteiger partial charge is 0.396 e. The molecule has 21 heavy (non-hydrogen) atoms. The number of amides is 1. The topological polar surface area (TPSA) is 49.3 Å². The number of carbonyl (C=O) groups is 1. The first-order valence-corrected chi connectivity index (χ1v) is 7.67. The van der Waals surface area contributed by atoms with Gasteiger partial charge in [-0.25, -0.2) is 0 Å². The minimum Gasteiger partial charge on any atom is -0.396 e. The zero-order chi connectivity index (χ0) is 15.7. The molecule has 3 nitrogen and oxygen atoms in total. The fourth-order valence-corrected chi connectivity index (χ4v) is 1.98. The van der Waals surface area contributed by atoms with Gasteiger partial charge in [-0.15, -0.1) is 0 Å². The van der Waals surface area contributed by atoms with E-state index in [0.717, 1.165) is 12.0 Å². The average molecular weight is 289 g/mol. The van der Waals surface area contributed by atoms with Crippen LogP contribution >= 0.6 is 0 Å². The van der Waals surface area contributed by atoms with Gasteiger partial charge >= 0.3 is 0 Å². The van der Waals surface area contributed by atoms with Crippen molar-refractivity contribution in [2.45, 2.75) is 39.5 Å². The summed E-state index contributed by atoms with van der Waals surface area (Å²) in [4.78, 5) is 11.7. The third-order valence-electron chi connectivity index (χ3n) is 3.49. The monoisotopic (exact) mass is 289 g/mol. The van der Waals surface area contributed by atoms with Crippen LogP contribution in [0.25, 0.3) is 6.08 Å². The van der Waals surface area contributed by atoms with Crippen LogP contribution in [0.15, 0.2) is 30.3 Å². The zero-order valence-electron chi connectivity index (χ0n) is 13.3. The van der Waals surface area contributed by atoms with Crippen LogP contribution < -0.4 is 5.32 Å². The molecular formula is C18H27NO2. The molecule has 0 fully saturated rings. The van der Waals surface area contributed by atoms with Crippen LogP contribution in [0.3, 0.4) is 0 Å². The molecule has 1 amide bonds. The van der Waals surface area contributed by atoms with E-state index in [9.17, 15) is 4.79 Å². The Labute approximate surface area is 128 Å². The maximum Gasteiger partial charge on any atom is 0.223 e. The summed E-state index contributed by atoms with van der Waals surface area (Å²) in [5.74, 6) is 0.871. The van der Waals surface area contributed by atoms with E-state index in [4.69, 9.17) is 5.11 Å². The molecule has 0 aliphatic rings. The zero-order valence-corrected chi connectivity index (χ0v) is 13.3. The van der Waals surface area contributed by atoms with Gasteiger partial charge in [-0.3, -0.25) is 4.79 Å². The number of hydrogen-bond donors (Lipinski definition) is 2. The van der Waals surface area contributed by atoms with Crippen LogP contribution in [0.1, 0.15) is 50.7 Å². The quantitative estimate of drug-likeness (QED) is 0.771. The Balaban J connectivity index is 2.35. The number of hydrogen-bond acceptors (Lipinski definition) is 2. The fourth-order valence-electron chi connectivity index (χ4n) is 1.98. The highest BCUT2D eigenvalue weighted by atomic mass is 16.3. The van der Waals surface area contributed by atoms with Crippen molar-refractivity contribution in [1.82, 2.24) is 5.32 Å². The molecule has 0 aliphatic carbocycles. The van der Waals surface area contributed by atoms with Crippen molar-refractivity contribution < 1.29 is 9.90 Å². The molecule has 1 aromatic carbocycles. The van der Waals surface area contributed by atoms with Crippen molar-refractivity contribution in [2.24, 2.45) is 5.92 Å². The Morgan fingerprint density at radius 3 is 2.48 bits per heavy atom. The third-order valence-corrected chi connectivity index (χ3v) is 3.49. The van der Waals surface area contributed by atoms with Gasteiger partial charge in [0.15, 0.2) is 0 Å². The SMILES string of the molecule is CC(CCO)CNC(=O)C/C=C/c1ccc(C(C)C)cc1. The van der Waals surface area contributed by atoms with Gasteiger partial charge in [-0.2, -0.15) is 0 Å². The number of rotatable bonds is 8. The fraction of sp³-hybridized carbons (Fsp3) is 0.500. The van der Waals surface area contributed by atoms with Crippen molar-refractivity contribution >= 4 is 12.0 Å². The third kappa shape index (κ3) is 7.09. The van der Waals surface area contributed by atoms with Gasteiger partial charge in [0.05, 0.1) is 0 Å². The second-order valence-corrected chi connectivity index (χ2v) is 5.85. The van der Waals surface area contributed by atoms with E-state index in [2.05, 4.69) is 43.4 Å². The molecule has 0 bridgehead atoms. The minimum absolute atomic E-state index is 0.0230. The summed E-state index contributed by atoms with van der Waals surface area (Å²) in [5, 5.41) is 11.7. The molecule has 3 heteroatoms. The Bertz CT molecular complexity index is 449. The van der Waals surface area contributed by atoms with Crippen molar-refractivity contribution in [3.8, 4) is 0 Å². The van der Waals surface area contributed by atoms with Crippen molar-refractivity contribution in [3.05, 3.63) is 41.5 Å². The molecule has 0 aromatic heterocycles. The number of benzene rings is 1. The lowest BCUT2D eigenvalue weighted by Gasteiger charge is -2.10. The van der Waals surface area contributed by atoms with Crippen molar-refractivity contribution in [3.63, 3.8) is 0 Å². The smallest absolute Gasteiger partial charge is 0.223 e. The van der Waals surface area contributed by atoms with Crippen molar-refractivity contribution in [2.75, 3.05) is 13.2 Å². The van der Waals surface area contributed by atoms with Crippen LogP contribution in [0, 0.1) is 5.92 Å². The van der Waals surface area contributed by atoms with Crippen LogP contribution in [-0.2, 0) is 4.79 Å². The standard InChI is InChI=1S/C18H27NO2/c1-14(2)17-9-7-16(8-10-17)5-4-6-18(21)19-13-15(3)11-12-20/h4-5,7-10,14-15,20H,6,11-13H2,1-3H3,(H,19,21)/b5-4+. The lowest BCUT2D eigenvalue weighted by atomic mass is 10.0. The molecule has 116 valence electrons. The first-order chi connectivity index (χ1) is 10.0. The van der Waals surface area contributed by atoms with Gasteiger partial charge in [0.25, 0.3) is 0 Å². The maximum absolute atomic E-state index is 11.7. The second-order valence-electron chi connectivity index (χ2n) is 5.85. The van der Waals surface area contributed by atoms with Gasteiger partial charge in [-0.1, -0.05) is 57.2 Å². The molecule has 1 atom stereocenters. The molecule has 0 aliphatic heterocycles. The molecule has 0 saturated heterocycles. The Morgan fingerprint density at radius 1 is 1.24 bits per heavy atom. The van der Waals surface area contributed by atoms with Crippen LogP contribution in [0.2, 0.25) is 0 Å². The summed E-state index contributed by atoms with van der Waals surface area (Å²) < 4.78 is 0. The number of carbonyl (C=O) groups excluding carboxylic acids is 1. The first-order valence-electron chi connectivity index (χ1n) is 7.67. The van der Waals surface area contributed by atoms with Crippen LogP contribution in [0.4, 0.5) is 0 Å². The second kappa shape index (κ2) is 9.35. The van der Waals surface area contributed by atoms with Gasteiger partial charge < -0.3 is 10.4 Å². The van der Waals surface area contributed by atoms with E-state index in [1.807, 2.05) is 19.1 Å². The van der Waals surface area contributed by atoms with Crippen LogP contribution in [-0.4, -0.2) is 24.2 Å². The predicted molar refractivity (Wildman–Crippen MR) is 88.1 cm³/mol. The highest BCUT2D eigenvalue weighted by molar-refractivity contribution is 5.78. The summed E-state index contributed by atoms with van der Waals surface area (Å²) in [5.41, 5.74) is 2.43. The van der Waals surface area contributed by atoms with E-state index >= 15 is 0 Å². The molecule has 0 heterocycles. The van der Waals surface area contributed by atoms with E-state index in [1.54, 1.807) is 0 Å². The molecule has 0 radical (unpaired) electrons. The first kappa shape index (κ1) is 17.4. The van der Waals surface area contributed by atoms with E-state index < -0.39 is 0 Å². The van der Waals surface area contributed by atoms with Gasteiger partial charge in [-0.05, 0) is 29.4 Å². The lowest BCUT2D eigenvalue weighted by molar-refractivity contribution is -0.120. The molecule has 2 N–H and O–H groups in total. The summed E-state index contributed by atoms with van der Waals surface area (Å²) in [6.07, 6.45) is 4.97. The minimum atomic E-state index is 0.0230. The lowest BCUT2D eigenvalue weighted by Crippen LogP contribution is -2.27. The number of aliphatic hydroxyl groups excluding tert-OH is 1. The van der Waals surface area contributed by atoms with Gasteiger partial charge in [0.1, 0.15) is 0 Å². The molecule has 0 spiro atoms. The normalized spacial score (nSPS) is 12.8. The highest BCUT2D eigenvalue weighted by Crippen LogP contribution is 2.15. The molecule has 1 unspecified atom stereocenters. The summed E-state index contributed by atoms with van der Waals surface area (Å²) in [6.45, 7) is 7.15. The van der Waals surface area contributed by atoms with E-state index in [1.165, 1.54) is 5.56 Å². The van der Waals surface area contributed by atoms with Crippen molar-refractivity contribution in [1.29, 1.82) is 0 Å². The molecule has 0 saturated carbocycles. The Hall–Kier alpha value is -1.61. The maximum atomic E-state index is 11.7. The number of nitrogens with one attached hydrogen (secondary N) is 1. The summed E-state index contributed by atoms with van der Waals surface area (Å²) in [7, 11) is 0. The Morgan fingerprint density at radius 2 is 1.90 bits per heavy atom. The van der Waals surface area contributed by atoms with Gasteiger partial charge in [0.2, 0.25) is 5.91 Å². The Kier molecular flexibility index (Phi) is 7.76. The van der Waals surface area contributed by atoms with E-state index in [0.29, 0.717) is 24.8 Å².